The maximum atomic E-state index is 11.8. The summed E-state index contributed by atoms with van der Waals surface area (Å²) in [4.78, 5) is 18.4. The first-order valence-corrected chi connectivity index (χ1v) is 6.07. The van der Waals surface area contributed by atoms with Crippen LogP contribution in [0.4, 0.5) is 5.69 Å². The van der Waals surface area contributed by atoms with E-state index in [9.17, 15) is 4.79 Å². The van der Waals surface area contributed by atoms with Crippen molar-refractivity contribution in [2.75, 3.05) is 5.32 Å². The van der Waals surface area contributed by atoms with E-state index in [2.05, 4.69) is 31.2 Å². The Morgan fingerprint density at radius 2 is 2.18 bits per heavy atom. The fraction of sp³-hybridized carbons (Fsp3) is 0. The van der Waals surface area contributed by atoms with Crippen molar-refractivity contribution in [1.82, 2.24) is 9.97 Å². The number of aromatic nitrogens is 2. The van der Waals surface area contributed by atoms with Gasteiger partial charge >= 0.3 is 0 Å². The molecule has 2 N–H and O–H groups in total. The van der Waals surface area contributed by atoms with E-state index in [1.807, 2.05) is 0 Å². The number of rotatable bonds is 2. The first kappa shape index (κ1) is 12.4. The van der Waals surface area contributed by atoms with E-state index >= 15 is 0 Å². The van der Waals surface area contributed by atoms with Gasteiger partial charge in [0.15, 0.2) is 5.15 Å². The highest BCUT2D eigenvalue weighted by atomic mass is 79.9. The molecule has 0 unspecified atom stereocenters. The summed E-state index contributed by atoms with van der Waals surface area (Å²) in [6, 6.07) is 3.19. The average Bonchev–Trinajstić information content (AvgIpc) is 2.70. The van der Waals surface area contributed by atoms with E-state index in [4.69, 9.17) is 23.2 Å². The van der Waals surface area contributed by atoms with E-state index in [0.29, 0.717) is 16.4 Å². The topological polar surface area (TPSA) is 57.8 Å². The number of carbonyl (C=O) groups excluding carboxylic acids is 1. The van der Waals surface area contributed by atoms with Crippen LogP contribution in [0.2, 0.25) is 10.2 Å². The molecule has 0 saturated heterocycles. The first-order valence-electron chi connectivity index (χ1n) is 4.52. The van der Waals surface area contributed by atoms with Gasteiger partial charge in [-0.05, 0) is 28.1 Å². The summed E-state index contributed by atoms with van der Waals surface area (Å²) in [5.41, 5.74) is 0.780. The predicted octanol–water partition coefficient (Wildman–Crippen LogP) is 3.73. The number of nitrogens with zero attached hydrogens (tertiary/aromatic N) is 1. The summed E-state index contributed by atoms with van der Waals surface area (Å²) >= 11 is 14.8. The number of anilines is 1. The molecule has 0 aliphatic heterocycles. The minimum Gasteiger partial charge on any atom is -0.356 e. The Bertz CT molecular complexity index is 570. The van der Waals surface area contributed by atoms with E-state index in [1.165, 1.54) is 12.3 Å². The molecule has 7 heteroatoms. The number of aromatic amines is 1. The highest BCUT2D eigenvalue weighted by molar-refractivity contribution is 9.10. The van der Waals surface area contributed by atoms with Gasteiger partial charge in [0.25, 0.3) is 5.91 Å². The quantitative estimate of drug-likeness (QED) is 0.822. The third-order valence-electron chi connectivity index (χ3n) is 1.95. The van der Waals surface area contributed by atoms with E-state index in [0.717, 1.165) is 4.47 Å². The number of pyridine rings is 1. The van der Waals surface area contributed by atoms with E-state index in [1.54, 1.807) is 12.3 Å². The number of amides is 1. The van der Waals surface area contributed by atoms with Crippen LogP contribution in [-0.2, 0) is 0 Å². The Balaban J connectivity index is 2.21. The second-order valence-electron chi connectivity index (χ2n) is 3.18. The Morgan fingerprint density at radius 1 is 1.41 bits per heavy atom. The summed E-state index contributed by atoms with van der Waals surface area (Å²) in [7, 11) is 0. The average molecular weight is 335 g/mol. The molecular weight excluding hydrogens is 329 g/mol. The zero-order valence-electron chi connectivity index (χ0n) is 8.30. The highest BCUT2D eigenvalue weighted by Gasteiger charge is 2.11. The second-order valence-corrected chi connectivity index (χ2v) is 4.89. The second kappa shape index (κ2) is 5.08. The molecule has 0 fully saturated rings. The molecule has 2 aromatic heterocycles. The Kier molecular flexibility index (Phi) is 3.71. The molecule has 0 radical (unpaired) electrons. The van der Waals surface area contributed by atoms with Crippen molar-refractivity contribution >= 4 is 50.7 Å². The van der Waals surface area contributed by atoms with Gasteiger partial charge in [-0.3, -0.25) is 4.79 Å². The van der Waals surface area contributed by atoms with Crippen molar-refractivity contribution in [2.45, 2.75) is 0 Å². The SMILES string of the molecule is O=C(Nc1cc(Br)cnc1Cl)c1cc(Cl)c[nH]1. The standard InChI is InChI=1S/C10H6BrCl2N3O/c11-5-1-7(9(13)15-3-5)16-10(17)8-2-6(12)4-14-8/h1-4,14H,(H,16,17). The Morgan fingerprint density at radius 3 is 2.82 bits per heavy atom. The van der Waals surface area contributed by atoms with Gasteiger partial charge in [0.05, 0.1) is 10.7 Å². The molecule has 0 aromatic carbocycles. The van der Waals surface area contributed by atoms with Crippen LogP contribution in [0.1, 0.15) is 10.5 Å². The van der Waals surface area contributed by atoms with E-state index < -0.39 is 0 Å². The largest absolute Gasteiger partial charge is 0.356 e. The molecule has 2 rings (SSSR count). The highest BCUT2D eigenvalue weighted by Crippen LogP contribution is 2.23. The molecule has 1 amide bonds. The van der Waals surface area contributed by atoms with Crippen LogP contribution in [0.25, 0.3) is 0 Å². The molecule has 0 atom stereocenters. The zero-order valence-corrected chi connectivity index (χ0v) is 11.4. The lowest BCUT2D eigenvalue weighted by Crippen LogP contribution is -2.12. The van der Waals surface area contributed by atoms with Gasteiger partial charge < -0.3 is 10.3 Å². The van der Waals surface area contributed by atoms with Gasteiger partial charge in [0.2, 0.25) is 0 Å². The molecule has 0 bridgehead atoms. The van der Waals surface area contributed by atoms with Crippen molar-refractivity contribution in [2.24, 2.45) is 0 Å². The molecule has 88 valence electrons. The van der Waals surface area contributed by atoms with Gasteiger partial charge in [0.1, 0.15) is 5.69 Å². The lowest BCUT2D eigenvalue weighted by atomic mass is 10.3. The van der Waals surface area contributed by atoms with Crippen LogP contribution in [0.3, 0.4) is 0 Å². The maximum Gasteiger partial charge on any atom is 0.272 e. The van der Waals surface area contributed by atoms with Gasteiger partial charge in [-0.2, -0.15) is 0 Å². The number of halogens is 3. The lowest BCUT2D eigenvalue weighted by molar-refractivity contribution is 0.102. The molecular formula is C10H6BrCl2N3O. The summed E-state index contributed by atoms with van der Waals surface area (Å²) in [5, 5.41) is 3.32. The van der Waals surface area contributed by atoms with Gasteiger partial charge in [-0.1, -0.05) is 23.2 Å². The predicted molar refractivity (Wildman–Crippen MR) is 70.7 cm³/mol. The molecule has 0 aliphatic carbocycles. The number of hydrogen-bond acceptors (Lipinski definition) is 2. The van der Waals surface area contributed by atoms with Crippen LogP contribution in [0, 0.1) is 0 Å². The van der Waals surface area contributed by atoms with Crippen molar-refractivity contribution in [3.8, 4) is 0 Å². The third kappa shape index (κ3) is 3.00. The molecule has 2 heterocycles. The van der Waals surface area contributed by atoms with Crippen LogP contribution >= 0.6 is 39.1 Å². The number of H-pyrrole nitrogens is 1. The minimum atomic E-state index is -0.335. The van der Waals surface area contributed by atoms with Crippen molar-refractivity contribution < 1.29 is 4.79 Å². The van der Waals surface area contributed by atoms with Crippen molar-refractivity contribution in [1.29, 1.82) is 0 Å². The molecule has 0 spiro atoms. The van der Waals surface area contributed by atoms with Crippen LogP contribution in [0.5, 0.6) is 0 Å². The van der Waals surface area contributed by atoms with Gasteiger partial charge in [-0.25, -0.2) is 4.98 Å². The number of nitrogens with one attached hydrogen (secondary N) is 2. The monoisotopic (exact) mass is 333 g/mol. The fourth-order valence-corrected chi connectivity index (χ4v) is 1.84. The number of hydrogen-bond donors (Lipinski definition) is 2. The third-order valence-corrected chi connectivity index (χ3v) is 2.90. The Hall–Kier alpha value is -1.04. The van der Waals surface area contributed by atoms with Crippen LogP contribution in [-0.4, -0.2) is 15.9 Å². The molecule has 2 aromatic rings. The van der Waals surface area contributed by atoms with Crippen LogP contribution < -0.4 is 5.32 Å². The summed E-state index contributed by atoms with van der Waals surface area (Å²) in [5.74, 6) is -0.335. The fourth-order valence-electron chi connectivity index (χ4n) is 1.20. The minimum absolute atomic E-state index is 0.221. The van der Waals surface area contributed by atoms with Crippen LogP contribution in [0.15, 0.2) is 29.0 Å². The lowest BCUT2D eigenvalue weighted by Gasteiger charge is -2.05. The first-order chi connectivity index (χ1) is 8.06. The molecule has 4 nitrogen and oxygen atoms in total. The van der Waals surface area contributed by atoms with E-state index in [-0.39, 0.29) is 11.1 Å². The smallest absolute Gasteiger partial charge is 0.272 e. The number of carbonyl (C=O) groups is 1. The Labute approximate surface area is 115 Å². The molecule has 17 heavy (non-hydrogen) atoms. The summed E-state index contributed by atoms with van der Waals surface area (Å²) in [6.07, 6.45) is 3.07. The van der Waals surface area contributed by atoms with Crippen molar-refractivity contribution in [3.05, 3.63) is 44.9 Å². The molecule has 0 aliphatic rings. The summed E-state index contributed by atoms with van der Waals surface area (Å²) < 4.78 is 0.724. The zero-order chi connectivity index (χ0) is 12.4. The van der Waals surface area contributed by atoms with Gasteiger partial charge in [-0.15, -0.1) is 0 Å². The van der Waals surface area contributed by atoms with Crippen molar-refractivity contribution in [3.63, 3.8) is 0 Å². The molecule has 0 saturated carbocycles. The van der Waals surface area contributed by atoms with Gasteiger partial charge in [0, 0.05) is 16.9 Å². The normalized spacial score (nSPS) is 10.3. The summed E-state index contributed by atoms with van der Waals surface area (Å²) in [6.45, 7) is 0. The maximum absolute atomic E-state index is 11.8.